The Kier molecular flexibility index (Phi) is 4.92. The van der Waals surface area contributed by atoms with Crippen LogP contribution in [0.4, 0.5) is 13.2 Å². The summed E-state index contributed by atoms with van der Waals surface area (Å²) in [5.41, 5.74) is -2.29. The highest BCUT2D eigenvalue weighted by Gasteiger charge is 2.30. The summed E-state index contributed by atoms with van der Waals surface area (Å²) in [6, 6.07) is 5.30. The highest BCUT2D eigenvalue weighted by atomic mass is 19.4. The zero-order valence-electron chi connectivity index (χ0n) is 13.2. The number of halogens is 3. The summed E-state index contributed by atoms with van der Waals surface area (Å²) in [4.78, 5) is 24.3. The van der Waals surface area contributed by atoms with Crippen LogP contribution >= 0.6 is 0 Å². The minimum Gasteiger partial charge on any atom is -0.461 e. The maximum absolute atomic E-state index is 12.6. The fraction of sp³-hybridized carbons (Fsp3) is 0.250. The molecule has 0 saturated carbocycles. The molecule has 0 bridgehead atoms. The monoisotopic (exact) mass is 351 g/mol. The summed E-state index contributed by atoms with van der Waals surface area (Å²) < 4.78 is 43.5. The van der Waals surface area contributed by atoms with Gasteiger partial charge >= 0.3 is 12.1 Å². The number of hydrogen-bond donors (Lipinski definition) is 0. The minimum absolute atomic E-state index is 0.0138. The molecule has 0 spiro atoms. The second-order valence-electron chi connectivity index (χ2n) is 4.94. The van der Waals surface area contributed by atoms with Crippen LogP contribution in [0.15, 0.2) is 29.1 Å². The fourth-order valence-corrected chi connectivity index (χ4v) is 2.10. The predicted octanol–water partition coefficient (Wildman–Crippen LogP) is 2.61. The number of benzene rings is 1. The highest BCUT2D eigenvalue weighted by molar-refractivity contribution is 5.89. The number of esters is 1. The Balaban J connectivity index is 2.65. The van der Waals surface area contributed by atoms with Crippen LogP contribution in [0.2, 0.25) is 0 Å². The van der Waals surface area contributed by atoms with Crippen molar-refractivity contribution in [3.63, 3.8) is 0 Å². The van der Waals surface area contributed by atoms with Gasteiger partial charge in [0.25, 0.3) is 5.56 Å². The van der Waals surface area contributed by atoms with Crippen molar-refractivity contribution in [2.75, 3.05) is 6.61 Å². The molecule has 25 heavy (non-hydrogen) atoms. The van der Waals surface area contributed by atoms with E-state index in [9.17, 15) is 22.8 Å². The van der Waals surface area contributed by atoms with Crippen molar-refractivity contribution in [3.05, 3.63) is 57.0 Å². The number of carbonyl (C=O) groups is 1. The molecule has 1 heterocycles. The standard InChI is InChI=1S/C16H12F3N3O3/c1-3-25-15(24)13-9(2)12(8-20)14(23)22(21-13)11-6-4-10(5-7-11)16(17,18)19/h4-7H,3H2,1-2H3. The van der Waals surface area contributed by atoms with Gasteiger partial charge in [-0.05, 0) is 38.1 Å². The van der Waals surface area contributed by atoms with Gasteiger partial charge in [0.1, 0.15) is 11.6 Å². The molecule has 1 aromatic carbocycles. The Morgan fingerprint density at radius 3 is 2.40 bits per heavy atom. The lowest BCUT2D eigenvalue weighted by Crippen LogP contribution is -2.28. The van der Waals surface area contributed by atoms with Crippen LogP contribution in [0.3, 0.4) is 0 Å². The summed E-state index contributed by atoms with van der Waals surface area (Å²) in [5.74, 6) is -0.836. The molecule has 0 aliphatic carbocycles. The van der Waals surface area contributed by atoms with E-state index < -0.39 is 23.3 Å². The van der Waals surface area contributed by atoms with Gasteiger partial charge in [-0.2, -0.15) is 28.2 Å². The molecule has 0 aliphatic heterocycles. The van der Waals surface area contributed by atoms with Crippen molar-refractivity contribution < 1.29 is 22.7 Å². The lowest BCUT2D eigenvalue weighted by molar-refractivity contribution is -0.137. The molecule has 130 valence electrons. The van der Waals surface area contributed by atoms with Gasteiger partial charge in [0.15, 0.2) is 5.69 Å². The van der Waals surface area contributed by atoms with E-state index in [1.54, 1.807) is 13.0 Å². The van der Waals surface area contributed by atoms with Gasteiger partial charge in [-0.1, -0.05) is 0 Å². The Labute approximate surface area is 140 Å². The number of carbonyl (C=O) groups excluding carboxylic acids is 1. The minimum atomic E-state index is -4.53. The summed E-state index contributed by atoms with van der Waals surface area (Å²) in [6.07, 6.45) is -4.53. The van der Waals surface area contributed by atoms with E-state index in [2.05, 4.69) is 5.10 Å². The molecule has 0 aliphatic rings. The summed E-state index contributed by atoms with van der Waals surface area (Å²) in [5, 5.41) is 13.0. The van der Waals surface area contributed by atoms with Crippen LogP contribution in [0.5, 0.6) is 0 Å². The Morgan fingerprint density at radius 2 is 1.92 bits per heavy atom. The van der Waals surface area contributed by atoms with Crippen molar-refractivity contribution in [2.45, 2.75) is 20.0 Å². The van der Waals surface area contributed by atoms with Crippen molar-refractivity contribution in [2.24, 2.45) is 0 Å². The normalized spacial score (nSPS) is 11.0. The first-order valence-electron chi connectivity index (χ1n) is 7.09. The Bertz CT molecular complexity index is 910. The molecular formula is C16H12F3N3O3. The molecule has 0 unspecified atom stereocenters. The first-order valence-corrected chi connectivity index (χ1v) is 7.09. The SMILES string of the molecule is CCOC(=O)c1nn(-c2ccc(C(F)(F)F)cc2)c(=O)c(C#N)c1C. The van der Waals surface area contributed by atoms with Gasteiger partial charge in [0, 0.05) is 5.56 Å². The third-order valence-electron chi connectivity index (χ3n) is 3.36. The summed E-state index contributed by atoms with van der Waals surface area (Å²) in [7, 11) is 0. The van der Waals surface area contributed by atoms with E-state index in [1.807, 2.05) is 0 Å². The molecule has 0 atom stereocenters. The second kappa shape index (κ2) is 6.76. The van der Waals surface area contributed by atoms with Crippen LogP contribution in [0.1, 0.15) is 34.1 Å². The molecule has 0 radical (unpaired) electrons. The van der Waals surface area contributed by atoms with Gasteiger partial charge in [-0.25, -0.2) is 4.79 Å². The van der Waals surface area contributed by atoms with Crippen LogP contribution in [-0.4, -0.2) is 22.4 Å². The van der Waals surface area contributed by atoms with Crippen LogP contribution < -0.4 is 5.56 Å². The lowest BCUT2D eigenvalue weighted by atomic mass is 10.1. The van der Waals surface area contributed by atoms with Gasteiger partial charge in [-0.15, -0.1) is 0 Å². The average molecular weight is 351 g/mol. The van der Waals surface area contributed by atoms with Gasteiger partial charge in [0.05, 0.1) is 17.9 Å². The first kappa shape index (κ1) is 18.2. The van der Waals surface area contributed by atoms with Crippen LogP contribution in [-0.2, 0) is 10.9 Å². The number of nitriles is 1. The zero-order valence-corrected chi connectivity index (χ0v) is 13.2. The van der Waals surface area contributed by atoms with Crippen molar-refractivity contribution in [3.8, 4) is 11.8 Å². The molecule has 0 amide bonds. The fourth-order valence-electron chi connectivity index (χ4n) is 2.10. The number of nitrogens with zero attached hydrogens (tertiary/aromatic N) is 3. The Morgan fingerprint density at radius 1 is 1.32 bits per heavy atom. The zero-order chi connectivity index (χ0) is 18.8. The quantitative estimate of drug-likeness (QED) is 0.794. The molecule has 0 saturated heterocycles. The highest BCUT2D eigenvalue weighted by Crippen LogP contribution is 2.29. The Hall–Kier alpha value is -3.15. The molecule has 1 aromatic heterocycles. The second-order valence-corrected chi connectivity index (χ2v) is 4.94. The smallest absolute Gasteiger partial charge is 0.416 e. The predicted molar refractivity (Wildman–Crippen MR) is 80.2 cm³/mol. The van der Waals surface area contributed by atoms with E-state index in [4.69, 9.17) is 10.00 Å². The van der Waals surface area contributed by atoms with Crippen LogP contribution in [0, 0.1) is 18.3 Å². The van der Waals surface area contributed by atoms with E-state index in [-0.39, 0.29) is 29.1 Å². The lowest BCUT2D eigenvalue weighted by Gasteiger charge is -2.12. The third kappa shape index (κ3) is 3.52. The summed E-state index contributed by atoms with van der Waals surface area (Å²) in [6.45, 7) is 3.00. The largest absolute Gasteiger partial charge is 0.461 e. The number of aromatic nitrogens is 2. The average Bonchev–Trinajstić information content (AvgIpc) is 2.55. The summed E-state index contributed by atoms with van der Waals surface area (Å²) >= 11 is 0. The first-order chi connectivity index (χ1) is 11.7. The topological polar surface area (TPSA) is 85.0 Å². The van der Waals surface area contributed by atoms with Crippen molar-refractivity contribution >= 4 is 5.97 Å². The van der Waals surface area contributed by atoms with Crippen LogP contribution in [0.25, 0.3) is 5.69 Å². The number of hydrogen-bond acceptors (Lipinski definition) is 5. The van der Waals surface area contributed by atoms with E-state index >= 15 is 0 Å². The van der Waals surface area contributed by atoms with Gasteiger partial charge < -0.3 is 4.74 Å². The maximum Gasteiger partial charge on any atom is 0.416 e. The number of rotatable bonds is 3. The molecule has 9 heteroatoms. The number of ether oxygens (including phenoxy) is 1. The molecule has 0 fully saturated rings. The molecule has 6 nitrogen and oxygen atoms in total. The van der Waals surface area contributed by atoms with E-state index in [0.717, 1.165) is 24.3 Å². The molecule has 2 rings (SSSR count). The van der Waals surface area contributed by atoms with Crippen molar-refractivity contribution in [1.82, 2.24) is 9.78 Å². The van der Waals surface area contributed by atoms with Gasteiger partial charge in [-0.3, -0.25) is 4.79 Å². The molecule has 0 N–H and O–H groups in total. The maximum atomic E-state index is 12.6. The molecule has 2 aromatic rings. The number of alkyl halides is 3. The van der Waals surface area contributed by atoms with Gasteiger partial charge in [0.2, 0.25) is 0 Å². The van der Waals surface area contributed by atoms with E-state index in [0.29, 0.717) is 4.68 Å². The van der Waals surface area contributed by atoms with Crippen molar-refractivity contribution in [1.29, 1.82) is 5.26 Å². The third-order valence-corrected chi connectivity index (χ3v) is 3.36. The van der Waals surface area contributed by atoms with E-state index in [1.165, 1.54) is 6.92 Å². The molecular weight excluding hydrogens is 339 g/mol.